The molecule has 9 rings (SSSR count). The Morgan fingerprint density at radius 3 is 1.94 bits per heavy atom. The lowest BCUT2D eigenvalue weighted by molar-refractivity contribution is 0.152. The maximum Gasteiger partial charge on any atom is 0.212 e. The Balaban J connectivity index is 1.26. The van der Waals surface area contributed by atoms with Crippen LogP contribution in [0.4, 0.5) is 0 Å². The van der Waals surface area contributed by atoms with E-state index in [0.29, 0.717) is 24.1 Å². The summed E-state index contributed by atoms with van der Waals surface area (Å²) in [6.07, 6.45) is 9.04. The van der Waals surface area contributed by atoms with Gasteiger partial charge in [0.25, 0.3) is 0 Å². The average Bonchev–Trinajstić information content (AvgIpc) is 3.48. The molecule has 1 aliphatic heterocycles. The van der Waals surface area contributed by atoms with Gasteiger partial charge in [0.1, 0.15) is 11.5 Å². The molecule has 266 valence electrons. The van der Waals surface area contributed by atoms with Gasteiger partial charge in [-0.25, -0.2) is 15.0 Å². The van der Waals surface area contributed by atoms with Gasteiger partial charge in [-0.3, -0.25) is 0 Å². The molecule has 0 bridgehead atoms. The lowest BCUT2D eigenvalue weighted by Gasteiger charge is -2.37. The molecular formula is C49H43N3O2. The largest absolute Gasteiger partial charge is 0.494 e. The van der Waals surface area contributed by atoms with Gasteiger partial charge >= 0.3 is 0 Å². The monoisotopic (exact) mass is 705 g/mol. The molecule has 0 N–H and O–H groups in total. The van der Waals surface area contributed by atoms with Crippen molar-refractivity contribution < 1.29 is 9.47 Å². The van der Waals surface area contributed by atoms with Crippen LogP contribution in [0.15, 0.2) is 140 Å². The first-order valence-corrected chi connectivity index (χ1v) is 19.2. The van der Waals surface area contributed by atoms with Gasteiger partial charge in [0.2, 0.25) is 5.60 Å². The minimum absolute atomic E-state index is 0.238. The van der Waals surface area contributed by atoms with Crippen molar-refractivity contribution in [3.63, 3.8) is 0 Å². The van der Waals surface area contributed by atoms with Gasteiger partial charge < -0.3 is 9.47 Å². The van der Waals surface area contributed by atoms with Gasteiger partial charge in [0.05, 0.1) is 6.61 Å². The zero-order valence-electron chi connectivity index (χ0n) is 31.1. The summed E-state index contributed by atoms with van der Waals surface area (Å²) in [5.41, 5.74) is 7.55. The van der Waals surface area contributed by atoms with E-state index < -0.39 is 5.60 Å². The number of nitrogens with zero attached hydrogens (tertiary/aromatic N) is 3. The number of hydrogen-bond donors (Lipinski definition) is 0. The van der Waals surface area contributed by atoms with Crippen molar-refractivity contribution >= 4 is 16.8 Å². The van der Waals surface area contributed by atoms with Crippen molar-refractivity contribution in [3.05, 3.63) is 168 Å². The molecule has 1 atom stereocenters. The fourth-order valence-electron chi connectivity index (χ4n) is 8.30. The molecule has 0 saturated heterocycles. The number of fused-ring (bicyclic) bond motifs is 8. The van der Waals surface area contributed by atoms with Crippen LogP contribution < -0.4 is 9.47 Å². The summed E-state index contributed by atoms with van der Waals surface area (Å²) in [5.74, 6) is 3.34. The highest BCUT2D eigenvalue weighted by atomic mass is 16.5. The standard InChI is InChI=1S/C49H43N3O2/c1-4-5-6-17-32-53-36-28-26-35(27-29-36)49(47-51-45(33-18-9-7-10-19-33)50-46(52-47)34-20-11-8-12-21-34)31-30-40-43-42(37-22-13-14-23-38(37)44(40)54-49)39-24-15-16-25-41(39)48(43,2)3/h7-16,18-31H,4-6,17,32H2,1-3H3. The Morgan fingerprint density at radius 1 is 0.630 bits per heavy atom. The SMILES string of the molecule is CCCCCCOc1ccc(C2(c3nc(-c4ccccc4)nc(-c4ccccc4)n3)C=Cc3c4c(c5ccccc5c3O2)-c2ccccc2C4(C)C)cc1. The molecule has 5 heteroatoms. The highest BCUT2D eigenvalue weighted by molar-refractivity contribution is 6.08. The second-order valence-corrected chi connectivity index (χ2v) is 14.9. The normalized spacial score (nSPS) is 16.4. The molecule has 5 nitrogen and oxygen atoms in total. The molecule has 1 aromatic heterocycles. The third-order valence-electron chi connectivity index (χ3n) is 11.0. The van der Waals surface area contributed by atoms with E-state index in [9.17, 15) is 0 Å². The number of unbranched alkanes of at least 4 members (excludes halogenated alkanes) is 3. The van der Waals surface area contributed by atoms with Gasteiger partial charge in [0, 0.05) is 33.1 Å². The molecule has 0 radical (unpaired) electrons. The molecule has 7 aromatic rings. The Bertz CT molecular complexity index is 2450. The number of aromatic nitrogens is 3. The minimum Gasteiger partial charge on any atom is -0.494 e. The van der Waals surface area contributed by atoms with E-state index in [1.807, 2.05) is 72.8 Å². The highest BCUT2D eigenvalue weighted by Crippen LogP contribution is 2.58. The van der Waals surface area contributed by atoms with Crippen molar-refractivity contribution in [2.24, 2.45) is 0 Å². The topological polar surface area (TPSA) is 57.1 Å². The Labute approximate surface area is 317 Å². The Morgan fingerprint density at radius 2 is 1.26 bits per heavy atom. The number of hydrogen-bond acceptors (Lipinski definition) is 5. The molecule has 0 fully saturated rings. The van der Waals surface area contributed by atoms with Crippen LogP contribution in [0.5, 0.6) is 11.5 Å². The summed E-state index contributed by atoms with van der Waals surface area (Å²) in [5, 5.41) is 2.23. The van der Waals surface area contributed by atoms with E-state index in [2.05, 4.69) is 93.6 Å². The lowest BCUT2D eigenvalue weighted by Crippen LogP contribution is -2.37. The first-order valence-electron chi connectivity index (χ1n) is 19.2. The van der Waals surface area contributed by atoms with Crippen LogP contribution in [-0.2, 0) is 11.0 Å². The smallest absolute Gasteiger partial charge is 0.212 e. The van der Waals surface area contributed by atoms with E-state index in [0.717, 1.165) is 45.6 Å². The summed E-state index contributed by atoms with van der Waals surface area (Å²) >= 11 is 0. The molecule has 2 aliphatic rings. The molecule has 1 unspecified atom stereocenters. The van der Waals surface area contributed by atoms with E-state index in [4.69, 9.17) is 24.4 Å². The first-order chi connectivity index (χ1) is 26.5. The molecule has 54 heavy (non-hydrogen) atoms. The fourth-order valence-corrected chi connectivity index (χ4v) is 8.30. The number of ether oxygens (including phenoxy) is 2. The predicted molar refractivity (Wildman–Crippen MR) is 219 cm³/mol. The number of rotatable bonds is 10. The first kappa shape index (κ1) is 33.7. The summed E-state index contributed by atoms with van der Waals surface area (Å²) in [6.45, 7) is 7.57. The van der Waals surface area contributed by atoms with Gasteiger partial charge in [-0.05, 0) is 52.3 Å². The van der Waals surface area contributed by atoms with Crippen molar-refractivity contribution in [1.82, 2.24) is 15.0 Å². The summed E-state index contributed by atoms with van der Waals surface area (Å²) in [7, 11) is 0. The molecule has 6 aromatic carbocycles. The second-order valence-electron chi connectivity index (χ2n) is 14.9. The maximum atomic E-state index is 7.59. The number of benzene rings is 6. The highest BCUT2D eigenvalue weighted by Gasteiger charge is 2.46. The summed E-state index contributed by atoms with van der Waals surface area (Å²) in [4.78, 5) is 15.5. The zero-order valence-corrected chi connectivity index (χ0v) is 31.1. The van der Waals surface area contributed by atoms with Crippen LogP contribution in [0.2, 0.25) is 0 Å². The molecule has 2 heterocycles. The Hall–Kier alpha value is -6.07. The van der Waals surface area contributed by atoms with E-state index in [1.165, 1.54) is 46.9 Å². The van der Waals surface area contributed by atoms with Crippen LogP contribution in [0, 0.1) is 0 Å². The maximum absolute atomic E-state index is 7.59. The van der Waals surface area contributed by atoms with E-state index >= 15 is 0 Å². The van der Waals surface area contributed by atoms with Crippen molar-refractivity contribution in [2.45, 2.75) is 57.5 Å². The minimum atomic E-state index is -1.19. The van der Waals surface area contributed by atoms with Crippen LogP contribution >= 0.6 is 0 Å². The van der Waals surface area contributed by atoms with Gasteiger partial charge in [-0.2, -0.15) is 0 Å². The van der Waals surface area contributed by atoms with Crippen molar-refractivity contribution in [1.29, 1.82) is 0 Å². The van der Waals surface area contributed by atoms with Gasteiger partial charge in [0.15, 0.2) is 17.5 Å². The van der Waals surface area contributed by atoms with Crippen molar-refractivity contribution in [3.8, 4) is 45.4 Å². The third kappa shape index (κ3) is 5.67. The summed E-state index contributed by atoms with van der Waals surface area (Å²) < 4.78 is 13.8. The molecule has 0 spiro atoms. The van der Waals surface area contributed by atoms with E-state index in [-0.39, 0.29) is 5.41 Å². The lowest BCUT2D eigenvalue weighted by atomic mass is 9.77. The van der Waals surface area contributed by atoms with Crippen LogP contribution in [0.3, 0.4) is 0 Å². The van der Waals surface area contributed by atoms with Crippen molar-refractivity contribution in [2.75, 3.05) is 6.61 Å². The van der Waals surface area contributed by atoms with Crippen LogP contribution in [0.25, 0.3) is 50.8 Å². The van der Waals surface area contributed by atoms with Gasteiger partial charge in [-0.15, -0.1) is 0 Å². The summed E-state index contributed by atoms with van der Waals surface area (Å²) in [6, 6.07) is 45.9. The third-order valence-corrected chi connectivity index (χ3v) is 11.0. The van der Waals surface area contributed by atoms with Crippen LogP contribution in [-0.4, -0.2) is 21.6 Å². The van der Waals surface area contributed by atoms with E-state index in [1.54, 1.807) is 0 Å². The predicted octanol–water partition coefficient (Wildman–Crippen LogP) is 12.0. The van der Waals surface area contributed by atoms with Gasteiger partial charge in [-0.1, -0.05) is 167 Å². The molecule has 0 saturated carbocycles. The second kappa shape index (κ2) is 13.7. The molecule has 0 amide bonds. The average molecular weight is 706 g/mol. The molecular weight excluding hydrogens is 663 g/mol. The molecule has 1 aliphatic carbocycles. The van der Waals surface area contributed by atoms with Crippen LogP contribution in [0.1, 0.15) is 74.5 Å². The Kier molecular flexibility index (Phi) is 8.58. The quantitative estimate of drug-likeness (QED) is 0.133. The fraction of sp³-hybridized carbons (Fsp3) is 0.204. The zero-order chi connectivity index (χ0) is 36.7.